The monoisotopic (exact) mass is 258 g/mol. The molecule has 0 fully saturated rings. The molecule has 0 saturated heterocycles. The number of aliphatic hydroxyl groups excluding tert-OH is 1. The zero-order chi connectivity index (χ0) is 13.8. The van der Waals surface area contributed by atoms with Crippen LogP contribution in [-0.4, -0.2) is 22.2 Å². The molecule has 0 spiro atoms. The van der Waals surface area contributed by atoms with Crippen molar-refractivity contribution in [3.8, 4) is 5.75 Å². The first-order chi connectivity index (χ1) is 9.11. The smallest absolute Gasteiger partial charge is 0.133 e. The second-order valence-electron chi connectivity index (χ2n) is 4.49. The van der Waals surface area contributed by atoms with Crippen LogP contribution in [0.15, 0.2) is 30.5 Å². The zero-order valence-electron chi connectivity index (χ0n) is 11.4. The number of aryl methyl sites for hydroxylation is 1. The second kappa shape index (κ2) is 5.80. The van der Waals surface area contributed by atoms with Crippen molar-refractivity contribution in [1.82, 2.24) is 9.97 Å². The predicted molar refractivity (Wildman–Crippen MR) is 73.2 cm³/mol. The van der Waals surface area contributed by atoms with Crippen molar-refractivity contribution in [3.05, 3.63) is 53.1 Å². The highest BCUT2D eigenvalue weighted by atomic mass is 16.5. The highest BCUT2D eigenvalue weighted by Gasteiger charge is 2.10. The number of benzene rings is 1. The maximum atomic E-state index is 9.57. The van der Waals surface area contributed by atoms with Gasteiger partial charge < -0.3 is 9.84 Å². The molecule has 0 amide bonds. The fourth-order valence-corrected chi connectivity index (χ4v) is 2.04. The van der Waals surface area contributed by atoms with E-state index in [0.29, 0.717) is 6.42 Å². The molecule has 0 aliphatic carbocycles. The number of aromatic nitrogens is 2. The van der Waals surface area contributed by atoms with Gasteiger partial charge in [0.05, 0.1) is 13.2 Å². The van der Waals surface area contributed by atoms with E-state index < -0.39 is 6.10 Å². The molecular weight excluding hydrogens is 240 g/mol. The minimum atomic E-state index is -0.541. The van der Waals surface area contributed by atoms with Crippen LogP contribution >= 0.6 is 0 Å². The summed E-state index contributed by atoms with van der Waals surface area (Å²) in [6.07, 6.45) is 1.77. The lowest BCUT2D eigenvalue weighted by molar-refractivity contribution is 0.197. The fourth-order valence-electron chi connectivity index (χ4n) is 2.04. The Balaban J connectivity index is 2.26. The summed E-state index contributed by atoms with van der Waals surface area (Å²) in [6, 6.07) is 7.83. The predicted octanol–water partition coefficient (Wildman–Crippen LogP) is 2.44. The summed E-state index contributed by atoms with van der Waals surface area (Å²) in [7, 11) is 1.65. The Morgan fingerprint density at radius 1 is 1.32 bits per heavy atom. The van der Waals surface area contributed by atoms with Crippen molar-refractivity contribution in [2.75, 3.05) is 7.11 Å². The average molecular weight is 258 g/mol. The number of nitrogens with zero attached hydrogens (tertiary/aromatic N) is 2. The Morgan fingerprint density at radius 2 is 2.05 bits per heavy atom. The second-order valence-corrected chi connectivity index (χ2v) is 4.49. The van der Waals surface area contributed by atoms with Crippen LogP contribution in [0.1, 0.15) is 35.7 Å². The van der Waals surface area contributed by atoms with Gasteiger partial charge in [-0.05, 0) is 19.9 Å². The van der Waals surface area contributed by atoms with Crippen molar-refractivity contribution in [1.29, 1.82) is 0 Å². The first-order valence-corrected chi connectivity index (χ1v) is 6.24. The molecule has 19 heavy (non-hydrogen) atoms. The highest BCUT2D eigenvalue weighted by molar-refractivity contribution is 5.35. The molecule has 0 saturated carbocycles. The van der Waals surface area contributed by atoms with Crippen LogP contribution in [0.4, 0.5) is 0 Å². The molecule has 1 heterocycles. The van der Waals surface area contributed by atoms with Crippen LogP contribution in [0.25, 0.3) is 0 Å². The SMILES string of the molecule is COc1ccccc1Cc1ncc(C(C)O)c(C)n1. The molecule has 0 aliphatic heterocycles. The van der Waals surface area contributed by atoms with Crippen LogP contribution in [0.5, 0.6) is 5.75 Å². The van der Waals surface area contributed by atoms with Gasteiger partial charge in [-0.25, -0.2) is 9.97 Å². The third kappa shape index (κ3) is 3.09. The summed E-state index contributed by atoms with van der Waals surface area (Å²) in [4.78, 5) is 8.74. The van der Waals surface area contributed by atoms with E-state index in [1.807, 2.05) is 31.2 Å². The van der Waals surface area contributed by atoms with E-state index >= 15 is 0 Å². The molecule has 2 rings (SSSR count). The van der Waals surface area contributed by atoms with Gasteiger partial charge >= 0.3 is 0 Å². The lowest BCUT2D eigenvalue weighted by Crippen LogP contribution is -2.05. The quantitative estimate of drug-likeness (QED) is 0.915. The Kier molecular flexibility index (Phi) is 4.12. The maximum absolute atomic E-state index is 9.57. The molecule has 0 radical (unpaired) electrons. The number of hydrogen-bond donors (Lipinski definition) is 1. The van der Waals surface area contributed by atoms with Crippen molar-refractivity contribution in [3.63, 3.8) is 0 Å². The van der Waals surface area contributed by atoms with Gasteiger partial charge in [0.15, 0.2) is 0 Å². The number of aliphatic hydroxyl groups is 1. The van der Waals surface area contributed by atoms with Crippen LogP contribution in [0, 0.1) is 6.92 Å². The van der Waals surface area contributed by atoms with E-state index in [0.717, 1.165) is 28.4 Å². The van der Waals surface area contributed by atoms with Gasteiger partial charge in [0.25, 0.3) is 0 Å². The number of hydrogen-bond acceptors (Lipinski definition) is 4. The Bertz CT molecular complexity index is 568. The molecule has 4 heteroatoms. The number of ether oxygens (including phenoxy) is 1. The molecule has 1 atom stereocenters. The van der Waals surface area contributed by atoms with Gasteiger partial charge in [-0.15, -0.1) is 0 Å². The van der Waals surface area contributed by atoms with Crippen molar-refractivity contribution in [2.45, 2.75) is 26.4 Å². The van der Waals surface area contributed by atoms with E-state index in [-0.39, 0.29) is 0 Å². The third-order valence-electron chi connectivity index (χ3n) is 3.06. The Morgan fingerprint density at radius 3 is 2.68 bits per heavy atom. The van der Waals surface area contributed by atoms with Crippen LogP contribution in [0.3, 0.4) is 0 Å². The number of rotatable bonds is 4. The van der Waals surface area contributed by atoms with E-state index in [1.165, 1.54) is 0 Å². The number of para-hydroxylation sites is 1. The molecule has 1 N–H and O–H groups in total. The number of methoxy groups -OCH3 is 1. The first-order valence-electron chi connectivity index (χ1n) is 6.24. The summed E-state index contributed by atoms with van der Waals surface area (Å²) in [6.45, 7) is 3.60. The third-order valence-corrected chi connectivity index (χ3v) is 3.06. The Labute approximate surface area is 113 Å². The minimum Gasteiger partial charge on any atom is -0.496 e. The lowest BCUT2D eigenvalue weighted by Gasteiger charge is -2.10. The van der Waals surface area contributed by atoms with E-state index in [1.54, 1.807) is 20.2 Å². The summed E-state index contributed by atoms with van der Waals surface area (Å²) in [5.74, 6) is 1.56. The molecule has 1 aromatic heterocycles. The normalized spacial score (nSPS) is 12.2. The van der Waals surface area contributed by atoms with Crippen molar-refractivity contribution in [2.24, 2.45) is 0 Å². The van der Waals surface area contributed by atoms with Gasteiger partial charge in [-0.3, -0.25) is 0 Å². The van der Waals surface area contributed by atoms with Crippen LogP contribution < -0.4 is 4.74 Å². The summed E-state index contributed by atoms with van der Waals surface area (Å²) >= 11 is 0. The molecule has 4 nitrogen and oxygen atoms in total. The van der Waals surface area contributed by atoms with Gasteiger partial charge in [-0.2, -0.15) is 0 Å². The molecule has 0 bridgehead atoms. The lowest BCUT2D eigenvalue weighted by atomic mass is 10.1. The largest absolute Gasteiger partial charge is 0.496 e. The average Bonchev–Trinajstić information content (AvgIpc) is 2.39. The molecule has 100 valence electrons. The van der Waals surface area contributed by atoms with Crippen molar-refractivity contribution >= 4 is 0 Å². The van der Waals surface area contributed by atoms with Crippen LogP contribution in [0.2, 0.25) is 0 Å². The van der Waals surface area contributed by atoms with E-state index in [4.69, 9.17) is 4.74 Å². The standard InChI is InChI=1S/C15H18N2O2/c1-10-13(11(2)18)9-16-15(17-10)8-12-6-4-5-7-14(12)19-3/h4-7,9,11,18H,8H2,1-3H3. The topological polar surface area (TPSA) is 55.2 Å². The van der Waals surface area contributed by atoms with E-state index in [2.05, 4.69) is 9.97 Å². The molecule has 2 aromatic rings. The molecule has 1 aromatic carbocycles. The Hall–Kier alpha value is -1.94. The van der Waals surface area contributed by atoms with E-state index in [9.17, 15) is 5.11 Å². The van der Waals surface area contributed by atoms with Gasteiger partial charge in [0, 0.05) is 29.4 Å². The summed E-state index contributed by atoms with van der Waals surface area (Å²) in [5.41, 5.74) is 2.63. The van der Waals surface area contributed by atoms with Gasteiger partial charge in [0.1, 0.15) is 11.6 Å². The molecular formula is C15H18N2O2. The highest BCUT2D eigenvalue weighted by Crippen LogP contribution is 2.20. The summed E-state index contributed by atoms with van der Waals surface area (Å²) in [5, 5.41) is 9.57. The minimum absolute atomic E-state index is 0.541. The fraction of sp³-hybridized carbons (Fsp3) is 0.333. The molecule has 1 unspecified atom stereocenters. The first kappa shape index (κ1) is 13.5. The van der Waals surface area contributed by atoms with Gasteiger partial charge in [0.2, 0.25) is 0 Å². The van der Waals surface area contributed by atoms with Crippen LogP contribution in [-0.2, 0) is 6.42 Å². The zero-order valence-corrected chi connectivity index (χ0v) is 11.4. The maximum Gasteiger partial charge on any atom is 0.133 e. The van der Waals surface area contributed by atoms with Crippen molar-refractivity contribution < 1.29 is 9.84 Å². The molecule has 0 aliphatic rings. The summed E-state index contributed by atoms with van der Waals surface area (Å²) < 4.78 is 5.31. The van der Waals surface area contributed by atoms with Gasteiger partial charge in [-0.1, -0.05) is 18.2 Å².